The molecule has 5 aromatic carbocycles. The highest BCUT2D eigenvalue weighted by Crippen LogP contribution is 2.42. The minimum atomic E-state index is -0.836. The molecule has 8 rings (SSSR count). The minimum absolute atomic E-state index is 0.0281. The summed E-state index contributed by atoms with van der Waals surface area (Å²) >= 11 is 0. The first-order valence-corrected chi connectivity index (χ1v) is 21.0. The number of esters is 1. The van der Waals surface area contributed by atoms with Gasteiger partial charge in [-0.15, -0.1) is 0 Å². The number of amides is 2. The number of aliphatic hydroxyl groups excluding tert-OH is 1. The van der Waals surface area contributed by atoms with E-state index in [1.54, 1.807) is 0 Å². The Balaban J connectivity index is 0.953. The quantitative estimate of drug-likeness (QED) is 0.0895. The predicted octanol–water partition coefficient (Wildman–Crippen LogP) is 7.20. The second-order valence-corrected chi connectivity index (χ2v) is 16.0. The standard InChI is InChI=1S/C49H53N5O7/c1-32-44(30-53-26-24-39(25-27-53)54-43-15-9-8-14-41(43)52-49(54)58)60-47(61-45(32)36-18-16-34(31-55)17-19-36)37-22-20-35(21-23-37)40-13-7-6-12-38(40)29-50-48(57)51-42(46(56)59-2)28-33-10-4-3-5-11-33/h3-23,32,39,42,44-45,47,55H,24-31H2,1-2H3,(H,52,58)(H2,50,51,57)/t32-,42+,44+,45+,47+/m1/s1. The second kappa shape index (κ2) is 19.1. The number of nitrogens with zero attached hydrogens (tertiary/aromatic N) is 2. The lowest BCUT2D eigenvalue weighted by atomic mass is 9.89. The van der Waals surface area contributed by atoms with Crippen molar-refractivity contribution >= 4 is 23.0 Å². The fourth-order valence-corrected chi connectivity index (χ4v) is 8.73. The average Bonchev–Trinajstić information content (AvgIpc) is 3.64. The zero-order valence-electron chi connectivity index (χ0n) is 34.5. The van der Waals surface area contributed by atoms with Gasteiger partial charge in [-0.1, -0.05) is 122 Å². The van der Waals surface area contributed by atoms with Crippen molar-refractivity contribution in [3.05, 3.63) is 166 Å². The third kappa shape index (κ3) is 9.63. The Labute approximate surface area is 355 Å². The van der Waals surface area contributed by atoms with E-state index < -0.39 is 24.3 Å². The first-order valence-electron chi connectivity index (χ1n) is 21.0. The number of imidazole rings is 1. The molecule has 61 heavy (non-hydrogen) atoms. The van der Waals surface area contributed by atoms with Gasteiger partial charge < -0.3 is 39.8 Å². The number of hydrogen-bond acceptors (Lipinski definition) is 8. The molecule has 1 aromatic heterocycles. The maximum Gasteiger partial charge on any atom is 0.328 e. The molecule has 12 heteroatoms. The lowest BCUT2D eigenvalue weighted by molar-refractivity contribution is -0.276. The molecule has 2 fully saturated rings. The summed E-state index contributed by atoms with van der Waals surface area (Å²) < 4.78 is 20.5. The summed E-state index contributed by atoms with van der Waals surface area (Å²) in [6.45, 7) is 4.80. The molecule has 0 unspecified atom stereocenters. The fourth-order valence-electron chi connectivity index (χ4n) is 8.73. The number of fused-ring (bicyclic) bond motifs is 1. The number of piperidine rings is 1. The fraction of sp³-hybridized carbons (Fsp3) is 0.327. The first kappa shape index (κ1) is 41.7. The first-order chi connectivity index (χ1) is 29.8. The number of likely N-dealkylation sites (tertiary alicyclic amines) is 1. The maximum absolute atomic E-state index is 13.1. The molecule has 6 aromatic rings. The lowest BCUT2D eigenvalue weighted by Gasteiger charge is -2.44. The lowest BCUT2D eigenvalue weighted by Crippen LogP contribution is -2.47. The summed E-state index contributed by atoms with van der Waals surface area (Å²) in [7, 11) is 1.31. The number of aromatic amines is 1. The van der Waals surface area contributed by atoms with Gasteiger partial charge in [0.25, 0.3) is 0 Å². The van der Waals surface area contributed by atoms with Crippen LogP contribution in [0.15, 0.2) is 132 Å². The summed E-state index contributed by atoms with van der Waals surface area (Å²) in [5.41, 5.74) is 8.25. The van der Waals surface area contributed by atoms with Crippen LogP contribution in [0.25, 0.3) is 22.2 Å². The largest absolute Gasteiger partial charge is 0.467 e. The maximum atomic E-state index is 13.1. The van der Waals surface area contributed by atoms with Gasteiger partial charge in [0, 0.05) is 50.1 Å². The Morgan fingerprint density at radius 2 is 1.52 bits per heavy atom. The second-order valence-electron chi connectivity index (χ2n) is 16.0. The molecular weight excluding hydrogens is 771 g/mol. The molecule has 5 atom stereocenters. The molecule has 0 spiro atoms. The number of para-hydroxylation sites is 2. The molecule has 0 saturated carbocycles. The summed E-state index contributed by atoms with van der Waals surface area (Å²) in [6, 6.07) is 40.2. The number of aromatic nitrogens is 2. The number of rotatable bonds is 13. The van der Waals surface area contributed by atoms with E-state index in [4.69, 9.17) is 14.2 Å². The topological polar surface area (TPSA) is 147 Å². The van der Waals surface area contributed by atoms with Gasteiger partial charge in [-0.2, -0.15) is 0 Å². The Kier molecular flexibility index (Phi) is 13.1. The Bertz CT molecular complexity index is 2460. The highest BCUT2D eigenvalue weighted by atomic mass is 16.7. The number of urea groups is 1. The van der Waals surface area contributed by atoms with Crippen molar-refractivity contribution in [3.63, 3.8) is 0 Å². The van der Waals surface area contributed by atoms with Crippen LogP contribution in [-0.2, 0) is 38.6 Å². The predicted molar refractivity (Wildman–Crippen MR) is 233 cm³/mol. The SMILES string of the molecule is COC(=O)[C@H](Cc1ccccc1)NC(=O)NCc1ccccc1-c1ccc([C@H]2O[C@@H](CN3CCC(n4c(=O)[nH]c5ccccc54)CC3)[C@@H](C)[C@@H](c3ccc(CO)cc3)O2)cc1. The summed E-state index contributed by atoms with van der Waals surface area (Å²) in [5, 5.41) is 15.4. The van der Waals surface area contributed by atoms with Gasteiger partial charge in [-0.25, -0.2) is 14.4 Å². The molecule has 3 heterocycles. The molecule has 4 N–H and O–H groups in total. The number of aliphatic hydroxyl groups is 1. The van der Waals surface area contributed by atoms with Crippen LogP contribution in [0.3, 0.4) is 0 Å². The van der Waals surface area contributed by atoms with E-state index in [-0.39, 0.29) is 43.0 Å². The molecule has 2 aliphatic heterocycles. The van der Waals surface area contributed by atoms with Crippen LogP contribution >= 0.6 is 0 Å². The van der Waals surface area contributed by atoms with Crippen LogP contribution in [0.2, 0.25) is 0 Å². The van der Waals surface area contributed by atoms with Crippen molar-refractivity contribution in [1.82, 2.24) is 25.1 Å². The normalized spacial score (nSPS) is 20.2. The number of H-pyrrole nitrogens is 1. The third-order valence-corrected chi connectivity index (χ3v) is 12.1. The van der Waals surface area contributed by atoms with Crippen LogP contribution in [0.5, 0.6) is 0 Å². The molecular formula is C49H53N5O7. The van der Waals surface area contributed by atoms with E-state index in [1.807, 2.05) is 132 Å². The smallest absolute Gasteiger partial charge is 0.328 e. The van der Waals surface area contributed by atoms with Crippen LogP contribution < -0.4 is 16.3 Å². The van der Waals surface area contributed by atoms with E-state index in [0.717, 1.165) is 82.5 Å². The number of hydrogen-bond donors (Lipinski definition) is 4. The van der Waals surface area contributed by atoms with Gasteiger partial charge in [-0.05, 0) is 58.4 Å². The molecule has 0 bridgehead atoms. The Morgan fingerprint density at radius 3 is 2.26 bits per heavy atom. The number of carbonyl (C=O) groups excluding carboxylic acids is 2. The van der Waals surface area contributed by atoms with Crippen LogP contribution in [-0.4, -0.2) is 70.4 Å². The molecule has 0 radical (unpaired) electrons. The summed E-state index contributed by atoms with van der Waals surface area (Å²) in [5.74, 6) is -0.486. The van der Waals surface area contributed by atoms with Crippen LogP contribution in [0.1, 0.15) is 66.0 Å². The van der Waals surface area contributed by atoms with Gasteiger partial charge in [0.15, 0.2) is 6.29 Å². The highest BCUT2D eigenvalue weighted by Gasteiger charge is 2.40. The minimum Gasteiger partial charge on any atom is -0.467 e. The summed E-state index contributed by atoms with van der Waals surface area (Å²) in [4.78, 5) is 44.0. The van der Waals surface area contributed by atoms with Gasteiger partial charge >= 0.3 is 17.7 Å². The highest BCUT2D eigenvalue weighted by molar-refractivity contribution is 5.84. The van der Waals surface area contributed by atoms with Gasteiger partial charge in [-0.3, -0.25) is 4.57 Å². The van der Waals surface area contributed by atoms with E-state index in [1.165, 1.54) is 7.11 Å². The number of benzene rings is 5. The zero-order chi connectivity index (χ0) is 42.3. The van der Waals surface area contributed by atoms with Crippen LogP contribution in [0.4, 0.5) is 4.79 Å². The number of methoxy groups -OCH3 is 1. The Morgan fingerprint density at radius 1 is 0.836 bits per heavy atom. The number of nitrogens with one attached hydrogen (secondary N) is 3. The van der Waals surface area contributed by atoms with Crippen molar-refractivity contribution in [3.8, 4) is 11.1 Å². The average molecular weight is 824 g/mol. The monoisotopic (exact) mass is 823 g/mol. The van der Waals surface area contributed by atoms with Gasteiger partial charge in [0.2, 0.25) is 0 Å². The zero-order valence-corrected chi connectivity index (χ0v) is 34.5. The van der Waals surface area contributed by atoms with Crippen molar-refractivity contribution in [2.24, 2.45) is 5.92 Å². The van der Waals surface area contributed by atoms with Gasteiger partial charge in [0.05, 0.1) is 37.0 Å². The molecule has 0 aliphatic carbocycles. The molecule has 2 saturated heterocycles. The van der Waals surface area contributed by atoms with E-state index in [2.05, 4.69) is 27.4 Å². The van der Waals surface area contributed by atoms with Crippen molar-refractivity contribution in [2.75, 3.05) is 26.7 Å². The molecule has 2 aliphatic rings. The molecule has 2 amide bonds. The van der Waals surface area contributed by atoms with Gasteiger partial charge in [0.1, 0.15) is 6.04 Å². The van der Waals surface area contributed by atoms with Crippen molar-refractivity contribution in [1.29, 1.82) is 0 Å². The van der Waals surface area contributed by atoms with Crippen LogP contribution in [0, 0.1) is 5.92 Å². The number of carbonyl (C=O) groups is 2. The van der Waals surface area contributed by atoms with E-state index in [9.17, 15) is 19.5 Å². The van der Waals surface area contributed by atoms with Crippen molar-refractivity contribution < 1.29 is 28.9 Å². The number of ether oxygens (including phenoxy) is 3. The summed E-state index contributed by atoms with van der Waals surface area (Å²) in [6.07, 6.45) is 1.02. The molecule has 12 nitrogen and oxygen atoms in total. The van der Waals surface area contributed by atoms with E-state index >= 15 is 0 Å². The Hall–Kier alpha value is -6.05. The molecule has 316 valence electrons. The third-order valence-electron chi connectivity index (χ3n) is 12.1. The van der Waals surface area contributed by atoms with E-state index in [0.29, 0.717) is 6.42 Å². The van der Waals surface area contributed by atoms with Crippen molar-refractivity contribution in [2.45, 2.75) is 69.9 Å².